The van der Waals surface area contributed by atoms with Crippen LogP contribution in [0, 0.1) is 0 Å². The first kappa shape index (κ1) is 11.3. The van der Waals surface area contributed by atoms with E-state index in [4.69, 9.17) is 4.74 Å². The smallest absolute Gasteiger partial charge is 0.344 e. The second-order valence-electron chi connectivity index (χ2n) is 4.09. The number of hydrogen-bond donors (Lipinski definition) is 0. The molecule has 0 radical (unpaired) electrons. The first-order valence-corrected chi connectivity index (χ1v) is 5.18. The van der Waals surface area contributed by atoms with E-state index >= 15 is 0 Å². The highest BCUT2D eigenvalue weighted by molar-refractivity contribution is 6.07. The number of carbonyl (C=O) groups is 2. The first-order valence-electron chi connectivity index (χ1n) is 5.18. The van der Waals surface area contributed by atoms with Gasteiger partial charge in [0, 0.05) is 11.1 Å². The molecule has 86 valence electrons. The van der Waals surface area contributed by atoms with E-state index in [1.807, 2.05) is 6.92 Å². The number of ketones is 1. The third-order valence-electron chi connectivity index (χ3n) is 2.73. The minimum atomic E-state index is -0.458. The highest BCUT2D eigenvalue weighted by atomic mass is 16.5. The normalized spacial score (nSPS) is 13.3. The number of rotatable bonds is 2. The van der Waals surface area contributed by atoms with Crippen LogP contribution in [0.25, 0.3) is 11.3 Å². The Morgan fingerprint density at radius 2 is 1.76 bits per heavy atom. The van der Waals surface area contributed by atoms with Crippen LogP contribution in [0.2, 0.25) is 0 Å². The maximum atomic E-state index is 11.5. The number of fused-ring (bicyclic) bond motifs is 1. The second kappa shape index (κ2) is 3.70. The Morgan fingerprint density at radius 3 is 2.29 bits per heavy atom. The maximum absolute atomic E-state index is 11.5. The second-order valence-corrected chi connectivity index (χ2v) is 4.09. The zero-order chi connectivity index (χ0) is 12.7. The van der Waals surface area contributed by atoms with Gasteiger partial charge in [0.1, 0.15) is 5.76 Å². The molecule has 0 atom stereocenters. The van der Waals surface area contributed by atoms with Gasteiger partial charge in [0.25, 0.3) is 0 Å². The molecule has 1 aromatic carbocycles. The molecule has 0 bridgehead atoms. The van der Waals surface area contributed by atoms with E-state index in [-0.39, 0.29) is 5.78 Å². The van der Waals surface area contributed by atoms with Crippen molar-refractivity contribution in [2.45, 2.75) is 13.8 Å². The summed E-state index contributed by atoms with van der Waals surface area (Å²) in [5, 5.41) is 0. The molecule has 1 aliphatic rings. The van der Waals surface area contributed by atoms with Crippen LogP contribution in [0.3, 0.4) is 0 Å². The van der Waals surface area contributed by atoms with E-state index in [2.05, 4.69) is 13.2 Å². The molecular weight excluding hydrogens is 216 g/mol. The summed E-state index contributed by atoms with van der Waals surface area (Å²) in [6.07, 6.45) is 0. The van der Waals surface area contributed by atoms with Gasteiger partial charge in [-0.05, 0) is 31.5 Å². The highest BCUT2D eigenvalue weighted by Gasteiger charge is 2.27. The van der Waals surface area contributed by atoms with Crippen LogP contribution in [-0.4, -0.2) is 11.8 Å². The number of esters is 1. The largest absolute Gasteiger partial charge is 0.423 e. The number of cyclic esters (lactones) is 1. The van der Waals surface area contributed by atoms with Crippen LogP contribution >= 0.6 is 0 Å². The van der Waals surface area contributed by atoms with Crippen molar-refractivity contribution in [3.8, 4) is 0 Å². The van der Waals surface area contributed by atoms with Gasteiger partial charge in [0.2, 0.25) is 0 Å². The Morgan fingerprint density at radius 1 is 1.18 bits per heavy atom. The number of allylic oxidation sites excluding steroid dienone is 1. The molecule has 0 N–H and O–H groups in total. The van der Waals surface area contributed by atoms with E-state index in [0.29, 0.717) is 22.4 Å². The van der Waals surface area contributed by atoms with Crippen LogP contribution < -0.4 is 0 Å². The summed E-state index contributed by atoms with van der Waals surface area (Å²) in [5.74, 6) is -0.237. The Labute approximate surface area is 99.4 Å². The molecule has 0 unspecified atom stereocenters. The van der Waals surface area contributed by atoms with Crippen molar-refractivity contribution < 1.29 is 14.3 Å². The SMILES string of the molecule is C=C(C)c1cc2c(cc1C(C)=O)C(=O)OC2=C. The van der Waals surface area contributed by atoms with Gasteiger partial charge in [-0.1, -0.05) is 18.7 Å². The minimum absolute atomic E-state index is 0.101. The Kier molecular flexibility index (Phi) is 2.46. The van der Waals surface area contributed by atoms with Crippen LogP contribution in [0.4, 0.5) is 0 Å². The standard InChI is InChI=1S/C14H12O3/c1-7(2)10-5-12-9(4)17-14(16)13(12)6-11(10)8(3)15/h5-6H,1,4H2,2-3H3. The summed E-state index contributed by atoms with van der Waals surface area (Å²) in [5.41, 5.74) is 3.02. The van der Waals surface area contributed by atoms with Gasteiger partial charge >= 0.3 is 5.97 Å². The highest BCUT2D eigenvalue weighted by Crippen LogP contribution is 2.33. The molecule has 1 heterocycles. The van der Waals surface area contributed by atoms with Gasteiger partial charge in [-0.15, -0.1) is 0 Å². The lowest BCUT2D eigenvalue weighted by atomic mass is 9.93. The summed E-state index contributed by atoms with van der Waals surface area (Å²) in [4.78, 5) is 23.1. The lowest BCUT2D eigenvalue weighted by Crippen LogP contribution is -2.02. The molecule has 0 spiro atoms. The summed E-state index contributed by atoms with van der Waals surface area (Å²) < 4.78 is 4.93. The fraction of sp³-hybridized carbons (Fsp3) is 0.143. The number of ether oxygens (including phenoxy) is 1. The van der Waals surface area contributed by atoms with Crippen LogP contribution in [0.1, 0.15) is 45.7 Å². The number of hydrogen-bond acceptors (Lipinski definition) is 3. The quantitative estimate of drug-likeness (QED) is 0.577. The van der Waals surface area contributed by atoms with E-state index in [9.17, 15) is 9.59 Å². The molecule has 0 aromatic heterocycles. The van der Waals surface area contributed by atoms with Crippen LogP contribution in [-0.2, 0) is 4.74 Å². The average Bonchev–Trinajstić information content (AvgIpc) is 2.52. The predicted molar refractivity (Wildman–Crippen MR) is 65.6 cm³/mol. The zero-order valence-corrected chi connectivity index (χ0v) is 9.79. The maximum Gasteiger partial charge on any atom is 0.344 e. The minimum Gasteiger partial charge on any atom is -0.423 e. The van der Waals surface area contributed by atoms with E-state index < -0.39 is 5.97 Å². The monoisotopic (exact) mass is 228 g/mol. The zero-order valence-electron chi connectivity index (χ0n) is 9.79. The number of carbonyl (C=O) groups excluding carboxylic acids is 2. The molecule has 2 rings (SSSR count). The Bertz CT molecular complexity index is 528. The molecule has 1 aliphatic heterocycles. The van der Waals surface area contributed by atoms with Crippen molar-refractivity contribution in [3.05, 3.63) is 47.5 Å². The van der Waals surface area contributed by atoms with Gasteiger partial charge in [-0.3, -0.25) is 4.79 Å². The van der Waals surface area contributed by atoms with Crippen molar-refractivity contribution in [3.63, 3.8) is 0 Å². The third-order valence-corrected chi connectivity index (χ3v) is 2.73. The van der Waals surface area contributed by atoms with Gasteiger partial charge < -0.3 is 4.74 Å². The lowest BCUT2D eigenvalue weighted by molar-refractivity contribution is 0.0716. The van der Waals surface area contributed by atoms with Crippen LogP contribution in [0.15, 0.2) is 25.3 Å². The molecule has 0 fully saturated rings. The Hall–Kier alpha value is -2.16. The first-order chi connectivity index (χ1) is 7.91. The molecular formula is C14H12O3. The molecule has 0 aliphatic carbocycles. The van der Waals surface area contributed by atoms with Gasteiger partial charge in [0.05, 0.1) is 5.56 Å². The fourth-order valence-electron chi connectivity index (χ4n) is 1.87. The molecule has 0 saturated carbocycles. The number of benzene rings is 1. The van der Waals surface area contributed by atoms with Gasteiger partial charge in [-0.2, -0.15) is 0 Å². The lowest BCUT2D eigenvalue weighted by Gasteiger charge is -2.08. The predicted octanol–water partition coefficient (Wildman–Crippen LogP) is 3.06. The molecule has 17 heavy (non-hydrogen) atoms. The third kappa shape index (κ3) is 1.69. The molecule has 3 nitrogen and oxygen atoms in total. The van der Waals surface area contributed by atoms with Crippen molar-refractivity contribution in [1.29, 1.82) is 0 Å². The topological polar surface area (TPSA) is 43.4 Å². The summed E-state index contributed by atoms with van der Waals surface area (Å²) in [6, 6.07) is 3.30. The van der Waals surface area contributed by atoms with Crippen molar-refractivity contribution in [1.82, 2.24) is 0 Å². The Balaban J connectivity index is 2.76. The van der Waals surface area contributed by atoms with Crippen molar-refractivity contribution in [2.24, 2.45) is 0 Å². The summed E-state index contributed by atoms with van der Waals surface area (Å²) >= 11 is 0. The van der Waals surface area contributed by atoms with Gasteiger partial charge in [-0.25, -0.2) is 4.79 Å². The van der Waals surface area contributed by atoms with Gasteiger partial charge in [0.15, 0.2) is 5.78 Å². The summed E-state index contributed by atoms with van der Waals surface area (Å²) in [7, 11) is 0. The molecule has 3 heteroatoms. The summed E-state index contributed by atoms with van der Waals surface area (Å²) in [6.45, 7) is 10.8. The molecule has 0 amide bonds. The van der Waals surface area contributed by atoms with E-state index in [1.54, 1.807) is 12.1 Å². The van der Waals surface area contributed by atoms with Crippen molar-refractivity contribution in [2.75, 3.05) is 0 Å². The fourth-order valence-corrected chi connectivity index (χ4v) is 1.87. The van der Waals surface area contributed by atoms with Crippen LogP contribution in [0.5, 0.6) is 0 Å². The van der Waals surface area contributed by atoms with E-state index in [0.717, 1.165) is 11.1 Å². The molecule has 0 saturated heterocycles. The van der Waals surface area contributed by atoms with E-state index in [1.165, 1.54) is 6.92 Å². The number of Topliss-reactive ketones (excluding diaryl/α,β-unsaturated/α-hetero) is 1. The molecule has 1 aromatic rings. The van der Waals surface area contributed by atoms with Crippen molar-refractivity contribution >= 4 is 23.1 Å². The average molecular weight is 228 g/mol.